The number of aliphatic hydroxyl groups is 2. The highest BCUT2D eigenvalue weighted by Gasteiger charge is 2.38. The molecule has 0 saturated carbocycles. The van der Waals surface area contributed by atoms with E-state index in [0.717, 1.165) is 18.1 Å². The molecule has 10 N–H and O–H groups in total. The maximum Gasteiger partial charge on any atom is 0.328 e. The number of amides is 7. The van der Waals surface area contributed by atoms with Crippen LogP contribution in [0, 0.1) is 11.8 Å². The Morgan fingerprint density at radius 1 is 0.773 bits per heavy atom. The molecule has 1 aliphatic heterocycles. The molecule has 0 aromatic heterocycles. The summed E-state index contributed by atoms with van der Waals surface area (Å²) in [6.45, 7) is 8.03. The maximum atomic E-state index is 14.1. The van der Waals surface area contributed by atoms with Crippen LogP contribution in [0.5, 0.6) is 0 Å². The minimum atomic E-state index is -1.54. The molecule has 19 heteroatoms. The predicted octanol–water partition coefficient (Wildman–Crippen LogP) is -0.251. The van der Waals surface area contributed by atoms with Gasteiger partial charge in [-0.3, -0.25) is 38.5 Å². The van der Waals surface area contributed by atoms with Gasteiger partial charge in [-0.2, -0.15) is 0 Å². The van der Waals surface area contributed by atoms with Crippen LogP contribution in [0.1, 0.15) is 84.3 Å². The first-order valence-electron chi connectivity index (χ1n) is 22.6. The van der Waals surface area contributed by atoms with Crippen LogP contribution in [0.15, 0.2) is 60.7 Å². The Bertz CT molecular complexity index is 1920. The van der Waals surface area contributed by atoms with Crippen molar-refractivity contribution < 1.29 is 53.3 Å². The number of nitrogens with zero attached hydrogens (tertiary/aromatic N) is 1. The minimum Gasteiger partial charge on any atom is -0.467 e. The van der Waals surface area contributed by atoms with Gasteiger partial charge in [-0.05, 0) is 68.0 Å². The molecule has 1 fully saturated rings. The number of carbonyl (C=O) groups excluding carboxylic acids is 8. The van der Waals surface area contributed by atoms with Gasteiger partial charge in [0, 0.05) is 13.5 Å². The lowest BCUT2D eigenvalue weighted by molar-refractivity contribution is -0.145. The number of likely N-dealkylation sites (tertiary alicyclic amines) is 1. The maximum absolute atomic E-state index is 14.1. The molecular weight excluding hydrogens is 853 g/mol. The van der Waals surface area contributed by atoms with E-state index in [2.05, 4.69) is 31.9 Å². The fourth-order valence-corrected chi connectivity index (χ4v) is 7.80. The van der Waals surface area contributed by atoms with Crippen molar-refractivity contribution in [2.24, 2.45) is 17.6 Å². The number of β-amino-alcohol motifs (C(OH)–C–C–N with tert-alkyl or cyclic N) is 1. The molecule has 7 amide bonds. The van der Waals surface area contributed by atoms with Crippen LogP contribution in [0.3, 0.4) is 0 Å². The third-order valence-electron chi connectivity index (χ3n) is 11.6. The van der Waals surface area contributed by atoms with E-state index in [9.17, 15) is 48.6 Å². The van der Waals surface area contributed by atoms with Gasteiger partial charge in [0.2, 0.25) is 41.4 Å². The Labute approximate surface area is 387 Å². The number of aryl methyl sites for hydroxylation is 1. The zero-order valence-electron chi connectivity index (χ0n) is 38.9. The van der Waals surface area contributed by atoms with Crippen molar-refractivity contribution in [3.63, 3.8) is 0 Å². The van der Waals surface area contributed by atoms with Gasteiger partial charge in [0.05, 0.1) is 38.3 Å². The number of rotatable bonds is 27. The first kappa shape index (κ1) is 54.4. The molecule has 3 rings (SSSR count). The van der Waals surface area contributed by atoms with Crippen LogP contribution >= 0.6 is 0 Å². The van der Waals surface area contributed by atoms with E-state index < -0.39 is 109 Å². The van der Waals surface area contributed by atoms with E-state index in [1.54, 1.807) is 49.1 Å². The van der Waals surface area contributed by atoms with Gasteiger partial charge in [-0.15, -0.1) is 0 Å². The molecule has 19 nitrogen and oxygen atoms in total. The second-order valence-corrected chi connectivity index (χ2v) is 17.4. The summed E-state index contributed by atoms with van der Waals surface area (Å²) < 4.78 is 5.00. The van der Waals surface area contributed by atoms with Crippen molar-refractivity contribution in [3.8, 4) is 0 Å². The molecule has 1 aliphatic rings. The van der Waals surface area contributed by atoms with Crippen LogP contribution in [-0.2, 0) is 55.9 Å². The number of hydrogen-bond acceptors (Lipinski definition) is 12. The fraction of sp³-hybridized carbons (Fsp3) is 0.574. The van der Waals surface area contributed by atoms with E-state index in [0.29, 0.717) is 32.2 Å². The molecule has 1 heterocycles. The topological polar surface area (TPSA) is 288 Å². The van der Waals surface area contributed by atoms with Gasteiger partial charge in [0.25, 0.3) is 0 Å². The number of nitrogens with two attached hydrogens (primary N) is 1. The van der Waals surface area contributed by atoms with E-state index in [4.69, 9.17) is 10.5 Å². The van der Waals surface area contributed by atoms with Crippen molar-refractivity contribution in [3.05, 3.63) is 71.8 Å². The van der Waals surface area contributed by atoms with Crippen molar-refractivity contribution in [2.75, 3.05) is 26.8 Å². The number of aliphatic hydroxyl groups excluding tert-OH is 2. The standard InChI is InChI=1S/C47H70N8O11/c1-7-29(4)41(46(64)50-33(47(65)66-6)21-20-31-15-10-8-11-16-31)54-45(63)38-19-14-22-55(38)26-39(58)34(24-32-17-12-9-13-18-32)51-43(61)36(25-40(48)59)53-42(60)35(23-28(2)3)52-44(62)37(27-56)49-30(5)57/h8-13,15-18,28-29,33-39,41,56,58H,7,14,19-27H2,1-6H3,(H2,48,59)(H,49,57)(H,50,64)(H,51,61)(H,52,62)(H,53,60)(H,54,63)/t29-,33-,34-,35-,36-,37-,38?,39+,41-/m0/s1. The van der Waals surface area contributed by atoms with Crippen LogP contribution in [0.2, 0.25) is 0 Å². The van der Waals surface area contributed by atoms with Crippen LogP contribution in [0.25, 0.3) is 0 Å². The molecule has 1 unspecified atom stereocenters. The first-order valence-corrected chi connectivity index (χ1v) is 22.6. The summed E-state index contributed by atoms with van der Waals surface area (Å²) in [7, 11) is 1.25. The third kappa shape index (κ3) is 17.8. The van der Waals surface area contributed by atoms with E-state index in [1.165, 1.54) is 7.11 Å². The van der Waals surface area contributed by atoms with Gasteiger partial charge in [0.1, 0.15) is 30.2 Å². The number of esters is 1. The largest absolute Gasteiger partial charge is 0.467 e. The Balaban J connectivity index is 1.81. The van der Waals surface area contributed by atoms with Crippen LogP contribution in [0.4, 0.5) is 0 Å². The average Bonchev–Trinajstić information content (AvgIpc) is 3.75. The summed E-state index contributed by atoms with van der Waals surface area (Å²) in [5.41, 5.74) is 7.24. The average molecular weight is 923 g/mol. The van der Waals surface area contributed by atoms with Crippen molar-refractivity contribution in [2.45, 2.75) is 134 Å². The number of ether oxygens (including phenoxy) is 1. The second-order valence-electron chi connectivity index (χ2n) is 17.4. The van der Waals surface area contributed by atoms with E-state index >= 15 is 0 Å². The minimum absolute atomic E-state index is 0.0877. The highest BCUT2D eigenvalue weighted by atomic mass is 16.5. The second kappa shape index (κ2) is 27.5. The quantitative estimate of drug-likeness (QED) is 0.0525. The molecule has 1 saturated heterocycles. The fourth-order valence-electron chi connectivity index (χ4n) is 7.80. The number of benzene rings is 2. The smallest absolute Gasteiger partial charge is 0.328 e. The monoisotopic (exact) mass is 923 g/mol. The highest BCUT2D eigenvalue weighted by Crippen LogP contribution is 2.21. The van der Waals surface area contributed by atoms with Crippen LogP contribution in [-0.4, -0.2) is 138 Å². The molecule has 0 radical (unpaired) electrons. The molecule has 0 aliphatic carbocycles. The SMILES string of the molecule is CC[C@H](C)[C@H](NC(=O)C1CCCN1C[C@@H](O)[C@H](Cc1ccccc1)NC(=O)[C@H](CC(N)=O)NC(=O)[C@H](CC(C)C)NC(=O)[C@H](CO)NC(C)=O)C(=O)N[C@@H](CCc1ccccc1)C(=O)OC. The van der Waals surface area contributed by atoms with Gasteiger partial charge >= 0.3 is 5.97 Å². The summed E-state index contributed by atoms with van der Waals surface area (Å²) in [6.07, 6.45) is 0.575. The predicted molar refractivity (Wildman–Crippen MR) is 245 cm³/mol. The number of methoxy groups -OCH3 is 1. The Morgan fingerprint density at radius 3 is 1.91 bits per heavy atom. The van der Waals surface area contributed by atoms with Crippen molar-refractivity contribution >= 4 is 47.3 Å². The molecule has 0 spiro atoms. The summed E-state index contributed by atoms with van der Waals surface area (Å²) in [4.78, 5) is 107. The van der Waals surface area contributed by atoms with Crippen molar-refractivity contribution in [1.29, 1.82) is 0 Å². The Morgan fingerprint density at radius 2 is 1.35 bits per heavy atom. The Kier molecular flexibility index (Phi) is 22.7. The molecule has 66 heavy (non-hydrogen) atoms. The summed E-state index contributed by atoms with van der Waals surface area (Å²) >= 11 is 0. The number of primary amides is 1. The van der Waals surface area contributed by atoms with Crippen LogP contribution < -0.4 is 37.6 Å². The van der Waals surface area contributed by atoms with Gasteiger partial charge in [-0.25, -0.2) is 4.79 Å². The summed E-state index contributed by atoms with van der Waals surface area (Å²) in [5.74, 6) is -6.09. The summed E-state index contributed by atoms with van der Waals surface area (Å²) in [6, 6.07) is 10.6. The lowest BCUT2D eigenvalue weighted by atomic mass is 9.96. The van der Waals surface area contributed by atoms with E-state index in [-0.39, 0.29) is 37.6 Å². The zero-order chi connectivity index (χ0) is 48.9. The first-order chi connectivity index (χ1) is 31.4. The molecule has 0 bridgehead atoms. The zero-order valence-corrected chi connectivity index (χ0v) is 38.9. The molecular formula is C47H70N8O11. The van der Waals surface area contributed by atoms with Crippen molar-refractivity contribution in [1.82, 2.24) is 36.8 Å². The van der Waals surface area contributed by atoms with Gasteiger partial charge in [-0.1, -0.05) is 94.8 Å². The normalized spacial score (nSPS) is 17.4. The van der Waals surface area contributed by atoms with E-state index in [1.807, 2.05) is 44.2 Å². The molecule has 364 valence electrons. The number of hydrogen-bond donors (Lipinski definition) is 9. The highest BCUT2D eigenvalue weighted by molar-refractivity contribution is 5.96. The molecule has 2 aromatic carbocycles. The third-order valence-corrected chi connectivity index (χ3v) is 11.6. The lowest BCUT2D eigenvalue weighted by Gasteiger charge is -2.33. The van der Waals surface area contributed by atoms with Gasteiger partial charge < -0.3 is 52.6 Å². The molecule has 9 atom stereocenters. The van der Waals surface area contributed by atoms with Gasteiger partial charge in [0.15, 0.2) is 0 Å². The molecule has 2 aromatic rings. The Hall–Kier alpha value is -5.92. The number of carbonyl (C=O) groups is 8. The number of nitrogens with one attached hydrogen (secondary N) is 6. The summed E-state index contributed by atoms with van der Waals surface area (Å²) in [5, 5.41) is 37.4. The lowest BCUT2D eigenvalue weighted by Crippen LogP contribution is -2.60.